The second-order valence-electron chi connectivity index (χ2n) is 6.59. The Bertz CT molecular complexity index is 1280. The van der Waals surface area contributed by atoms with Crippen LogP contribution in [0.1, 0.15) is 30.3 Å². The minimum atomic E-state index is -0.543. The molecule has 1 unspecified atom stereocenters. The number of carbonyl (C=O) groups excluding carboxylic acids is 1. The molecule has 1 aliphatic heterocycles. The Morgan fingerprint density at radius 3 is 2.67 bits per heavy atom. The highest BCUT2D eigenvalue weighted by Gasteiger charge is 2.33. The number of nitrogens with zero attached hydrogens (tertiary/aromatic N) is 2. The first-order valence-electron chi connectivity index (χ1n) is 9.40. The number of thiazole rings is 1. The molecule has 30 heavy (non-hydrogen) atoms. The fraction of sp³-hybridized carbons (Fsp3) is 0.227. The topological polar surface area (TPSA) is 69.9 Å². The molecule has 0 saturated carbocycles. The van der Waals surface area contributed by atoms with Crippen molar-refractivity contribution < 1.29 is 14.3 Å². The van der Waals surface area contributed by atoms with Gasteiger partial charge in [0, 0.05) is 4.88 Å². The molecule has 8 heteroatoms. The van der Waals surface area contributed by atoms with E-state index in [1.165, 1.54) is 22.7 Å². The molecule has 0 amide bonds. The fourth-order valence-corrected chi connectivity index (χ4v) is 5.23. The lowest BCUT2D eigenvalue weighted by molar-refractivity contribution is -0.139. The number of aromatic nitrogens is 1. The van der Waals surface area contributed by atoms with Crippen LogP contribution in [0.5, 0.6) is 5.75 Å². The van der Waals surface area contributed by atoms with E-state index in [1.54, 1.807) is 25.5 Å². The van der Waals surface area contributed by atoms with Crippen molar-refractivity contribution in [3.63, 3.8) is 0 Å². The summed E-state index contributed by atoms with van der Waals surface area (Å²) >= 11 is 2.81. The van der Waals surface area contributed by atoms with Crippen LogP contribution < -0.4 is 19.6 Å². The van der Waals surface area contributed by atoms with Gasteiger partial charge in [-0.05, 0) is 49.1 Å². The molecule has 1 aliphatic rings. The molecule has 1 aromatic carbocycles. The lowest BCUT2D eigenvalue weighted by atomic mass is 10.0. The number of rotatable bonds is 5. The van der Waals surface area contributed by atoms with E-state index in [2.05, 4.69) is 4.99 Å². The number of methoxy groups -OCH3 is 1. The first-order valence-corrected chi connectivity index (χ1v) is 11.1. The van der Waals surface area contributed by atoms with Crippen molar-refractivity contribution in [2.45, 2.75) is 19.9 Å². The number of esters is 1. The van der Waals surface area contributed by atoms with Crippen LogP contribution in [0.2, 0.25) is 0 Å². The minimum Gasteiger partial charge on any atom is -0.497 e. The second kappa shape index (κ2) is 8.41. The summed E-state index contributed by atoms with van der Waals surface area (Å²) in [5.74, 6) is 0.308. The third-order valence-corrected chi connectivity index (χ3v) is 6.65. The third-order valence-electron chi connectivity index (χ3n) is 4.74. The largest absolute Gasteiger partial charge is 0.497 e. The Morgan fingerprint density at radius 2 is 2.03 bits per heavy atom. The van der Waals surface area contributed by atoms with E-state index < -0.39 is 12.0 Å². The molecule has 0 saturated heterocycles. The molecular formula is C22H20N2O4S2. The van der Waals surface area contributed by atoms with Crippen molar-refractivity contribution in [3.05, 3.63) is 83.2 Å². The van der Waals surface area contributed by atoms with Gasteiger partial charge in [0.15, 0.2) is 4.80 Å². The lowest BCUT2D eigenvalue weighted by Crippen LogP contribution is -2.39. The van der Waals surface area contributed by atoms with Gasteiger partial charge in [-0.3, -0.25) is 9.36 Å². The van der Waals surface area contributed by atoms with Gasteiger partial charge in [0.25, 0.3) is 5.56 Å². The number of carbonyl (C=O) groups is 1. The zero-order valence-electron chi connectivity index (χ0n) is 16.7. The number of benzene rings is 1. The number of allylic oxidation sites excluding steroid dienone is 1. The van der Waals surface area contributed by atoms with Gasteiger partial charge < -0.3 is 9.47 Å². The van der Waals surface area contributed by atoms with Gasteiger partial charge in [0.1, 0.15) is 11.8 Å². The molecule has 0 N–H and O–H groups in total. The Kier molecular flexibility index (Phi) is 5.69. The van der Waals surface area contributed by atoms with E-state index in [4.69, 9.17) is 9.47 Å². The zero-order chi connectivity index (χ0) is 21.3. The van der Waals surface area contributed by atoms with Crippen LogP contribution in [0.25, 0.3) is 6.08 Å². The quantitative estimate of drug-likeness (QED) is 0.572. The van der Waals surface area contributed by atoms with Crippen LogP contribution in [0.15, 0.2) is 62.8 Å². The van der Waals surface area contributed by atoms with Crippen molar-refractivity contribution in [2.24, 2.45) is 4.99 Å². The van der Waals surface area contributed by atoms with E-state index in [1.807, 2.05) is 47.9 Å². The first kappa shape index (κ1) is 20.3. The van der Waals surface area contributed by atoms with Crippen molar-refractivity contribution in [2.75, 3.05) is 13.7 Å². The molecule has 3 aromatic rings. The monoisotopic (exact) mass is 440 g/mol. The Hall–Kier alpha value is -2.97. The van der Waals surface area contributed by atoms with Crippen LogP contribution in [0.4, 0.5) is 0 Å². The van der Waals surface area contributed by atoms with E-state index in [0.717, 1.165) is 16.2 Å². The van der Waals surface area contributed by atoms with Crippen LogP contribution in [-0.2, 0) is 9.53 Å². The summed E-state index contributed by atoms with van der Waals surface area (Å²) in [6.07, 6.45) is 1.83. The van der Waals surface area contributed by atoms with Crippen molar-refractivity contribution in [1.82, 2.24) is 4.57 Å². The van der Waals surface area contributed by atoms with E-state index in [9.17, 15) is 9.59 Å². The van der Waals surface area contributed by atoms with Crippen LogP contribution >= 0.6 is 22.7 Å². The summed E-state index contributed by atoms with van der Waals surface area (Å²) in [6.45, 7) is 3.81. The van der Waals surface area contributed by atoms with Crippen LogP contribution in [0, 0.1) is 0 Å². The third kappa shape index (κ3) is 3.64. The molecule has 0 radical (unpaired) electrons. The predicted octanol–water partition coefficient (Wildman–Crippen LogP) is 2.87. The highest BCUT2D eigenvalue weighted by molar-refractivity contribution is 7.10. The van der Waals surface area contributed by atoms with Crippen LogP contribution in [0.3, 0.4) is 0 Å². The number of fused-ring (bicyclic) bond motifs is 1. The smallest absolute Gasteiger partial charge is 0.338 e. The average molecular weight is 441 g/mol. The standard InChI is InChI=1S/C22H20N2O4S2/c1-4-28-21(26)18-13(2)23-22-24(19(18)16-6-5-11-29-16)20(25)17(30-22)12-14-7-9-15(27-3)10-8-14/h5-12,19H,4H2,1-3H3/b17-12-. The highest BCUT2D eigenvalue weighted by Crippen LogP contribution is 2.33. The van der Waals surface area contributed by atoms with Crippen molar-refractivity contribution in [3.8, 4) is 5.75 Å². The Morgan fingerprint density at radius 1 is 1.27 bits per heavy atom. The number of hydrogen-bond donors (Lipinski definition) is 0. The Labute approximate surface area is 181 Å². The van der Waals surface area contributed by atoms with E-state index in [-0.39, 0.29) is 12.2 Å². The average Bonchev–Trinajstić information content (AvgIpc) is 3.37. The maximum absolute atomic E-state index is 13.4. The molecule has 6 nitrogen and oxygen atoms in total. The highest BCUT2D eigenvalue weighted by atomic mass is 32.1. The molecule has 2 aromatic heterocycles. The molecular weight excluding hydrogens is 420 g/mol. The normalized spacial score (nSPS) is 16.2. The number of hydrogen-bond acceptors (Lipinski definition) is 7. The van der Waals surface area contributed by atoms with Gasteiger partial charge in [-0.15, -0.1) is 11.3 Å². The molecule has 0 aliphatic carbocycles. The molecule has 1 atom stereocenters. The molecule has 3 heterocycles. The van der Waals surface area contributed by atoms with E-state index in [0.29, 0.717) is 20.6 Å². The summed E-state index contributed by atoms with van der Waals surface area (Å²) in [7, 11) is 1.61. The van der Waals surface area contributed by atoms with Crippen LogP contribution in [-0.4, -0.2) is 24.3 Å². The van der Waals surface area contributed by atoms with Gasteiger partial charge >= 0.3 is 5.97 Å². The number of thiophene rings is 1. The second-order valence-corrected chi connectivity index (χ2v) is 8.58. The summed E-state index contributed by atoms with van der Waals surface area (Å²) in [5.41, 5.74) is 1.68. The molecule has 0 bridgehead atoms. The van der Waals surface area contributed by atoms with Crippen molar-refractivity contribution in [1.29, 1.82) is 0 Å². The predicted molar refractivity (Wildman–Crippen MR) is 118 cm³/mol. The van der Waals surface area contributed by atoms with Gasteiger partial charge in [0.2, 0.25) is 0 Å². The van der Waals surface area contributed by atoms with E-state index >= 15 is 0 Å². The molecule has 0 fully saturated rings. The number of ether oxygens (including phenoxy) is 2. The summed E-state index contributed by atoms with van der Waals surface area (Å²) in [4.78, 5) is 32.1. The lowest BCUT2D eigenvalue weighted by Gasteiger charge is -2.23. The summed E-state index contributed by atoms with van der Waals surface area (Å²) in [6, 6.07) is 10.8. The van der Waals surface area contributed by atoms with Gasteiger partial charge in [-0.2, -0.15) is 0 Å². The molecule has 4 rings (SSSR count). The SMILES string of the molecule is CCOC(=O)C1=C(C)N=c2s/c(=C\c3ccc(OC)cc3)c(=O)n2C1c1cccs1. The maximum Gasteiger partial charge on any atom is 0.338 e. The molecule has 0 spiro atoms. The maximum atomic E-state index is 13.4. The van der Waals surface area contributed by atoms with Gasteiger partial charge in [-0.25, -0.2) is 9.79 Å². The fourth-order valence-electron chi connectivity index (χ4n) is 3.36. The van der Waals surface area contributed by atoms with Gasteiger partial charge in [0.05, 0.1) is 29.5 Å². The Balaban J connectivity index is 1.90. The van der Waals surface area contributed by atoms with Crippen molar-refractivity contribution >= 4 is 34.7 Å². The summed E-state index contributed by atoms with van der Waals surface area (Å²) < 4.78 is 12.6. The summed E-state index contributed by atoms with van der Waals surface area (Å²) in [5, 5.41) is 1.93. The first-order chi connectivity index (χ1) is 14.5. The minimum absolute atomic E-state index is 0.178. The molecule has 154 valence electrons. The zero-order valence-corrected chi connectivity index (χ0v) is 18.4. The van der Waals surface area contributed by atoms with Gasteiger partial charge in [-0.1, -0.05) is 29.5 Å².